The van der Waals surface area contributed by atoms with Gasteiger partial charge in [-0.15, -0.1) is 0 Å². The summed E-state index contributed by atoms with van der Waals surface area (Å²) in [6.07, 6.45) is -3.29. The van der Waals surface area contributed by atoms with Crippen LogP contribution < -0.4 is 0 Å². The van der Waals surface area contributed by atoms with Gasteiger partial charge in [0.2, 0.25) is 0 Å². The Balaban J connectivity index is 1.36. The first kappa shape index (κ1) is 23.2. The van der Waals surface area contributed by atoms with E-state index >= 15 is 0 Å². The van der Waals surface area contributed by atoms with Gasteiger partial charge in [0, 0.05) is 5.56 Å². The van der Waals surface area contributed by atoms with Crippen molar-refractivity contribution in [1.29, 1.82) is 0 Å². The highest BCUT2D eigenvalue weighted by atomic mass is 16.8. The molecule has 2 heterocycles. The summed E-state index contributed by atoms with van der Waals surface area (Å²) in [6.45, 7) is 2.65. The van der Waals surface area contributed by atoms with Gasteiger partial charge in [0.05, 0.1) is 19.8 Å². The van der Waals surface area contributed by atoms with Gasteiger partial charge in [0.15, 0.2) is 12.6 Å². The summed E-state index contributed by atoms with van der Waals surface area (Å²) >= 11 is 0. The zero-order valence-corrected chi connectivity index (χ0v) is 19.2. The van der Waals surface area contributed by atoms with E-state index in [1.807, 2.05) is 91.0 Å². The van der Waals surface area contributed by atoms with E-state index in [1.54, 1.807) is 6.92 Å². The van der Waals surface area contributed by atoms with Crippen molar-refractivity contribution < 1.29 is 28.8 Å². The smallest absolute Gasteiger partial charge is 0.187 e. The Morgan fingerprint density at radius 2 is 1.35 bits per heavy atom. The highest BCUT2D eigenvalue weighted by Gasteiger charge is 2.57. The molecule has 0 radical (unpaired) electrons. The standard InChI is InChI=1S/C28H30O6/c1-28(29)24-23(19-32-26(34-24)22-15-9-4-10-16-22)33-27(31-18-21-13-7-3-8-14-21)25(28)30-17-20-11-5-2-6-12-20/h2-16,23-27,29H,17-19H2,1H3/t23?,24?,25?,26-,27?,28?/m1/s1. The fourth-order valence-electron chi connectivity index (χ4n) is 4.51. The number of rotatable bonds is 7. The highest BCUT2D eigenvalue weighted by Crippen LogP contribution is 2.41. The molecule has 2 aliphatic heterocycles. The van der Waals surface area contributed by atoms with Crippen molar-refractivity contribution in [2.45, 2.75) is 56.6 Å². The molecule has 0 aliphatic carbocycles. The Hall–Kier alpha value is -2.58. The van der Waals surface area contributed by atoms with Gasteiger partial charge < -0.3 is 28.8 Å². The Morgan fingerprint density at radius 3 is 1.97 bits per heavy atom. The minimum Gasteiger partial charge on any atom is -0.384 e. The molecule has 0 aromatic heterocycles. The number of ether oxygens (including phenoxy) is 5. The monoisotopic (exact) mass is 462 g/mol. The SMILES string of the molecule is CC1(O)C2O[C@H](c3ccccc3)OCC2OC(OCc2ccccc2)C1OCc1ccccc1. The van der Waals surface area contributed by atoms with Crippen LogP contribution in [0.25, 0.3) is 0 Å². The molecule has 0 saturated carbocycles. The van der Waals surface area contributed by atoms with Crippen molar-refractivity contribution in [3.8, 4) is 0 Å². The summed E-state index contributed by atoms with van der Waals surface area (Å²) < 4.78 is 30.9. The summed E-state index contributed by atoms with van der Waals surface area (Å²) in [4.78, 5) is 0. The van der Waals surface area contributed by atoms with Gasteiger partial charge in [-0.25, -0.2) is 0 Å². The largest absolute Gasteiger partial charge is 0.384 e. The first-order chi connectivity index (χ1) is 16.6. The van der Waals surface area contributed by atoms with E-state index in [0.29, 0.717) is 13.2 Å². The van der Waals surface area contributed by atoms with Crippen LogP contribution in [0.3, 0.4) is 0 Å². The molecule has 3 aromatic rings. The van der Waals surface area contributed by atoms with Gasteiger partial charge in [-0.05, 0) is 18.1 Å². The van der Waals surface area contributed by atoms with Crippen LogP contribution in [0.2, 0.25) is 0 Å². The van der Waals surface area contributed by atoms with Gasteiger partial charge in [-0.2, -0.15) is 0 Å². The lowest BCUT2D eigenvalue weighted by atomic mass is 9.85. The molecule has 2 aliphatic rings. The molecule has 3 aromatic carbocycles. The van der Waals surface area contributed by atoms with E-state index in [2.05, 4.69) is 0 Å². The van der Waals surface area contributed by atoms with Crippen molar-refractivity contribution in [3.63, 3.8) is 0 Å². The molecular weight excluding hydrogens is 432 g/mol. The van der Waals surface area contributed by atoms with Gasteiger partial charge in [0.1, 0.15) is 23.9 Å². The fourth-order valence-corrected chi connectivity index (χ4v) is 4.51. The third kappa shape index (κ3) is 5.08. The lowest BCUT2D eigenvalue weighted by Crippen LogP contribution is -2.69. The molecule has 6 atom stereocenters. The maximum Gasteiger partial charge on any atom is 0.187 e. The molecule has 1 N–H and O–H groups in total. The first-order valence-corrected chi connectivity index (χ1v) is 11.6. The summed E-state index contributed by atoms with van der Waals surface area (Å²) in [5, 5.41) is 11.8. The fraction of sp³-hybridized carbons (Fsp3) is 0.357. The zero-order chi connectivity index (χ0) is 23.4. The van der Waals surface area contributed by atoms with E-state index in [4.69, 9.17) is 23.7 Å². The normalized spacial score (nSPS) is 31.1. The molecule has 6 heteroatoms. The van der Waals surface area contributed by atoms with E-state index in [-0.39, 0.29) is 6.61 Å². The molecule has 2 fully saturated rings. The molecule has 5 rings (SSSR count). The lowest BCUT2D eigenvalue weighted by molar-refractivity contribution is -0.390. The second-order valence-electron chi connectivity index (χ2n) is 8.92. The molecule has 178 valence electrons. The summed E-state index contributed by atoms with van der Waals surface area (Å²) in [6, 6.07) is 29.4. The van der Waals surface area contributed by atoms with Gasteiger partial charge in [0.25, 0.3) is 0 Å². The Kier molecular flexibility index (Phi) is 7.06. The number of hydrogen-bond acceptors (Lipinski definition) is 6. The van der Waals surface area contributed by atoms with Crippen LogP contribution >= 0.6 is 0 Å². The van der Waals surface area contributed by atoms with E-state index in [1.165, 1.54) is 0 Å². The molecule has 6 nitrogen and oxygen atoms in total. The first-order valence-electron chi connectivity index (χ1n) is 11.6. The van der Waals surface area contributed by atoms with Gasteiger partial charge >= 0.3 is 0 Å². The summed E-state index contributed by atoms with van der Waals surface area (Å²) in [5.74, 6) is 0. The van der Waals surface area contributed by atoms with Crippen LogP contribution in [-0.2, 0) is 36.9 Å². The van der Waals surface area contributed by atoms with Crippen LogP contribution in [0.5, 0.6) is 0 Å². The molecule has 34 heavy (non-hydrogen) atoms. The summed E-state index contributed by atoms with van der Waals surface area (Å²) in [5.41, 5.74) is 1.52. The quantitative estimate of drug-likeness (QED) is 0.562. The minimum absolute atomic E-state index is 0.275. The van der Waals surface area contributed by atoms with E-state index < -0.39 is 36.5 Å². The van der Waals surface area contributed by atoms with E-state index in [0.717, 1.165) is 16.7 Å². The van der Waals surface area contributed by atoms with Crippen molar-refractivity contribution >= 4 is 0 Å². The molecule has 0 spiro atoms. The van der Waals surface area contributed by atoms with Crippen LogP contribution in [0.15, 0.2) is 91.0 Å². The predicted molar refractivity (Wildman–Crippen MR) is 126 cm³/mol. The topological polar surface area (TPSA) is 66.4 Å². The Morgan fingerprint density at radius 1 is 0.794 bits per heavy atom. The molecule has 0 bridgehead atoms. The predicted octanol–water partition coefficient (Wildman–Crippen LogP) is 4.38. The van der Waals surface area contributed by atoms with Crippen molar-refractivity contribution in [2.75, 3.05) is 6.61 Å². The van der Waals surface area contributed by atoms with Crippen molar-refractivity contribution in [2.24, 2.45) is 0 Å². The maximum absolute atomic E-state index is 11.8. The van der Waals surface area contributed by atoms with Crippen molar-refractivity contribution in [3.05, 3.63) is 108 Å². The number of hydrogen-bond donors (Lipinski definition) is 1. The van der Waals surface area contributed by atoms with Gasteiger partial charge in [-0.1, -0.05) is 91.0 Å². The average Bonchev–Trinajstić information content (AvgIpc) is 2.88. The second-order valence-corrected chi connectivity index (χ2v) is 8.92. The zero-order valence-electron chi connectivity index (χ0n) is 19.2. The molecule has 2 saturated heterocycles. The molecule has 5 unspecified atom stereocenters. The van der Waals surface area contributed by atoms with Crippen molar-refractivity contribution in [1.82, 2.24) is 0 Å². The second kappa shape index (κ2) is 10.4. The third-order valence-corrected chi connectivity index (χ3v) is 6.33. The third-order valence-electron chi connectivity index (χ3n) is 6.33. The molecule has 0 amide bonds. The minimum atomic E-state index is -1.38. The maximum atomic E-state index is 11.8. The Labute approximate surface area is 200 Å². The number of benzene rings is 3. The molecular formula is C28H30O6. The number of fused-ring (bicyclic) bond motifs is 1. The number of aliphatic hydroxyl groups is 1. The van der Waals surface area contributed by atoms with Crippen LogP contribution in [0, 0.1) is 0 Å². The van der Waals surface area contributed by atoms with Crippen LogP contribution in [-0.4, -0.2) is 41.9 Å². The van der Waals surface area contributed by atoms with Gasteiger partial charge in [-0.3, -0.25) is 0 Å². The highest BCUT2D eigenvalue weighted by molar-refractivity contribution is 5.18. The summed E-state index contributed by atoms with van der Waals surface area (Å²) in [7, 11) is 0. The van der Waals surface area contributed by atoms with E-state index in [9.17, 15) is 5.11 Å². The average molecular weight is 463 g/mol. The van der Waals surface area contributed by atoms with Crippen LogP contribution in [0.1, 0.15) is 29.9 Å². The Bertz CT molecular complexity index is 1030. The van der Waals surface area contributed by atoms with Crippen LogP contribution in [0.4, 0.5) is 0 Å². The lowest BCUT2D eigenvalue weighted by Gasteiger charge is -2.52.